The molecule has 7 heteroatoms. The van der Waals surface area contributed by atoms with E-state index in [0.29, 0.717) is 16.8 Å². The normalized spacial score (nSPS) is 10.6. The van der Waals surface area contributed by atoms with E-state index in [-0.39, 0.29) is 24.6 Å². The van der Waals surface area contributed by atoms with Gasteiger partial charge in [-0.3, -0.25) is 14.6 Å². The van der Waals surface area contributed by atoms with Crippen LogP contribution in [0.15, 0.2) is 79.1 Å². The highest BCUT2D eigenvalue weighted by Crippen LogP contribution is 2.24. The zero-order valence-corrected chi connectivity index (χ0v) is 16.5. The minimum Gasteiger partial charge on any atom is -0.350 e. The first kappa shape index (κ1) is 20.2. The highest BCUT2D eigenvalue weighted by Gasteiger charge is 2.14. The molecule has 4 rings (SSSR count). The van der Waals surface area contributed by atoms with E-state index in [1.54, 1.807) is 24.5 Å². The Morgan fingerprint density at radius 1 is 0.806 bits per heavy atom. The lowest BCUT2D eigenvalue weighted by Gasteiger charge is -2.11. The molecule has 2 aromatic carbocycles. The maximum atomic E-state index is 13.7. The quantitative estimate of drug-likeness (QED) is 0.472. The Morgan fingerprint density at radius 2 is 1.45 bits per heavy atom. The van der Waals surface area contributed by atoms with Crippen LogP contribution in [0, 0.1) is 5.82 Å². The number of amides is 2. The summed E-state index contributed by atoms with van der Waals surface area (Å²) in [7, 11) is 0. The molecule has 2 N–H and O–H groups in total. The molecule has 0 aliphatic rings. The number of halogens is 1. The van der Waals surface area contributed by atoms with Gasteiger partial charge in [0, 0.05) is 36.4 Å². The largest absolute Gasteiger partial charge is 0.350 e. The highest BCUT2D eigenvalue weighted by molar-refractivity contribution is 6.07. The van der Waals surface area contributed by atoms with Gasteiger partial charge in [0.1, 0.15) is 5.82 Å². The average Bonchev–Trinajstić information content (AvgIpc) is 2.81. The van der Waals surface area contributed by atoms with Crippen LogP contribution in [-0.2, 0) is 0 Å². The van der Waals surface area contributed by atoms with Gasteiger partial charge in [-0.2, -0.15) is 0 Å². The lowest BCUT2D eigenvalue weighted by Crippen LogP contribution is -2.35. The van der Waals surface area contributed by atoms with Gasteiger partial charge in [-0.05, 0) is 36.4 Å². The SMILES string of the molecule is O=C(NCCNC(=O)c1cc(-c2ccncc2)nc2ccccc12)c1ccccc1F. The molecule has 2 heterocycles. The number of rotatable bonds is 6. The second kappa shape index (κ2) is 9.13. The van der Waals surface area contributed by atoms with Crippen LogP contribution in [0.1, 0.15) is 20.7 Å². The smallest absolute Gasteiger partial charge is 0.254 e. The molecule has 31 heavy (non-hydrogen) atoms. The summed E-state index contributed by atoms with van der Waals surface area (Å²) in [4.78, 5) is 33.6. The topological polar surface area (TPSA) is 84.0 Å². The first-order valence-electron chi connectivity index (χ1n) is 9.74. The fourth-order valence-corrected chi connectivity index (χ4v) is 3.22. The third kappa shape index (κ3) is 4.56. The highest BCUT2D eigenvalue weighted by atomic mass is 19.1. The molecular formula is C24H19FN4O2. The summed E-state index contributed by atoms with van der Waals surface area (Å²) < 4.78 is 13.7. The summed E-state index contributed by atoms with van der Waals surface area (Å²) in [5.41, 5.74) is 2.68. The van der Waals surface area contributed by atoms with E-state index in [4.69, 9.17) is 0 Å². The van der Waals surface area contributed by atoms with Crippen molar-refractivity contribution in [2.24, 2.45) is 0 Å². The molecule has 0 bridgehead atoms. The summed E-state index contributed by atoms with van der Waals surface area (Å²) in [5, 5.41) is 6.14. The average molecular weight is 414 g/mol. The van der Waals surface area contributed by atoms with Gasteiger partial charge >= 0.3 is 0 Å². The van der Waals surface area contributed by atoms with E-state index in [1.807, 2.05) is 36.4 Å². The van der Waals surface area contributed by atoms with Crippen LogP contribution in [-0.4, -0.2) is 34.9 Å². The summed E-state index contributed by atoms with van der Waals surface area (Å²) in [6.07, 6.45) is 3.34. The Kier molecular flexibility index (Phi) is 5.93. The van der Waals surface area contributed by atoms with Crippen LogP contribution in [0.2, 0.25) is 0 Å². The van der Waals surface area contributed by atoms with E-state index >= 15 is 0 Å². The number of pyridine rings is 2. The number of nitrogens with one attached hydrogen (secondary N) is 2. The van der Waals surface area contributed by atoms with Gasteiger partial charge in [-0.1, -0.05) is 30.3 Å². The Morgan fingerprint density at radius 3 is 2.19 bits per heavy atom. The van der Waals surface area contributed by atoms with Crippen molar-refractivity contribution in [3.05, 3.63) is 96.1 Å². The Hall–Kier alpha value is -4.13. The number of hydrogen-bond donors (Lipinski definition) is 2. The minimum absolute atomic E-state index is 0.0315. The van der Waals surface area contributed by atoms with E-state index < -0.39 is 11.7 Å². The lowest BCUT2D eigenvalue weighted by molar-refractivity contribution is 0.0926. The number of nitrogens with zero attached hydrogens (tertiary/aromatic N) is 2. The van der Waals surface area contributed by atoms with Gasteiger partial charge < -0.3 is 10.6 Å². The zero-order valence-electron chi connectivity index (χ0n) is 16.5. The Labute approximate surface area is 178 Å². The Balaban J connectivity index is 1.47. The number of aromatic nitrogens is 2. The predicted octanol–water partition coefficient (Wildman–Crippen LogP) is 3.60. The second-order valence-corrected chi connectivity index (χ2v) is 6.80. The molecular weight excluding hydrogens is 395 g/mol. The summed E-state index contributed by atoms with van der Waals surface area (Å²) in [6, 6.07) is 18.6. The molecule has 0 fully saturated rings. The van der Waals surface area contributed by atoms with E-state index in [0.717, 1.165) is 10.9 Å². The lowest BCUT2D eigenvalue weighted by atomic mass is 10.0. The van der Waals surface area contributed by atoms with E-state index in [9.17, 15) is 14.0 Å². The van der Waals surface area contributed by atoms with Crippen LogP contribution in [0.5, 0.6) is 0 Å². The number of para-hydroxylation sites is 1. The van der Waals surface area contributed by atoms with E-state index in [2.05, 4.69) is 20.6 Å². The van der Waals surface area contributed by atoms with Gasteiger partial charge in [-0.25, -0.2) is 9.37 Å². The molecule has 0 aliphatic carbocycles. The van der Waals surface area contributed by atoms with Crippen LogP contribution in [0.4, 0.5) is 4.39 Å². The standard InChI is InChI=1S/C24H19FN4O2/c25-20-7-3-1-6-18(20)23(30)27-13-14-28-24(31)19-15-22(16-9-11-26-12-10-16)29-21-8-4-2-5-17(19)21/h1-12,15H,13-14H2,(H,27,30)(H,28,31). The molecule has 2 aromatic heterocycles. The third-order valence-electron chi connectivity index (χ3n) is 4.75. The summed E-state index contributed by atoms with van der Waals surface area (Å²) in [6.45, 7) is 0.361. The molecule has 2 amide bonds. The third-order valence-corrected chi connectivity index (χ3v) is 4.75. The summed E-state index contributed by atoms with van der Waals surface area (Å²) >= 11 is 0. The number of benzene rings is 2. The zero-order chi connectivity index (χ0) is 21.6. The van der Waals surface area contributed by atoms with Gasteiger partial charge in [0.25, 0.3) is 11.8 Å². The molecule has 0 radical (unpaired) electrons. The van der Waals surface area contributed by atoms with Gasteiger partial charge in [0.05, 0.1) is 22.3 Å². The van der Waals surface area contributed by atoms with Crippen LogP contribution in [0.25, 0.3) is 22.2 Å². The summed E-state index contributed by atoms with van der Waals surface area (Å²) in [5.74, 6) is -1.40. The Bertz CT molecular complexity index is 1240. The maximum Gasteiger partial charge on any atom is 0.254 e. The van der Waals surface area contributed by atoms with Crippen molar-refractivity contribution >= 4 is 22.7 Å². The molecule has 6 nitrogen and oxygen atoms in total. The van der Waals surface area contributed by atoms with Gasteiger partial charge in [0.15, 0.2) is 0 Å². The molecule has 0 saturated carbocycles. The van der Waals surface area contributed by atoms with Crippen LogP contribution < -0.4 is 10.6 Å². The number of hydrogen-bond acceptors (Lipinski definition) is 4. The minimum atomic E-state index is -0.587. The number of carbonyl (C=O) groups is 2. The molecule has 0 saturated heterocycles. The van der Waals surface area contributed by atoms with E-state index in [1.165, 1.54) is 18.2 Å². The molecule has 0 atom stereocenters. The maximum absolute atomic E-state index is 13.7. The number of carbonyl (C=O) groups excluding carboxylic acids is 2. The van der Waals surface area contributed by atoms with Crippen molar-refractivity contribution in [1.82, 2.24) is 20.6 Å². The van der Waals surface area contributed by atoms with Crippen LogP contribution in [0.3, 0.4) is 0 Å². The molecule has 0 spiro atoms. The molecule has 0 unspecified atom stereocenters. The van der Waals surface area contributed by atoms with Crippen LogP contribution >= 0.6 is 0 Å². The fourth-order valence-electron chi connectivity index (χ4n) is 3.22. The van der Waals surface area contributed by atoms with Crippen molar-refractivity contribution in [3.8, 4) is 11.3 Å². The van der Waals surface area contributed by atoms with Crippen molar-refractivity contribution < 1.29 is 14.0 Å². The van der Waals surface area contributed by atoms with Gasteiger partial charge in [-0.15, -0.1) is 0 Å². The first-order valence-corrected chi connectivity index (χ1v) is 9.74. The predicted molar refractivity (Wildman–Crippen MR) is 116 cm³/mol. The first-order chi connectivity index (χ1) is 15.1. The number of fused-ring (bicyclic) bond motifs is 1. The monoisotopic (exact) mass is 414 g/mol. The fraction of sp³-hybridized carbons (Fsp3) is 0.0833. The second-order valence-electron chi connectivity index (χ2n) is 6.80. The van der Waals surface area contributed by atoms with Crippen molar-refractivity contribution in [3.63, 3.8) is 0 Å². The van der Waals surface area contributed by atoms with Crippen molar-refractivity contribution in [2.75, 3.05) is 13.1 Å². The molecule has 4 aromatic rings. The van der Waals surface area contributed by atoms with Crippen molar-refractivity contribution in [2.45, 2.75) is 0 Å². The van der Waals surface area contributed by atoms with Gasteiger partial charge in [0.2, 0.25) is 0 Å². The molecule has 154 valence electrons. The van der Waals surface area contributed by atoms with Crippen molar-refractivity contribution in [1.29, 1.82) is 0 Å². The molecule has 0 aliphatic heterocycles.